The fraction of sp³-hybridized carbons (Fsp3) is 0.710. The van der Waals surface area contributed by atoms with Crippen molar-refractivity contribution in [2.75, 3.05) is 36.5 Å². The van der Waals surface area contributed by atoms with Gasteiger partial charge < -0.3 is 30.3 Å². The third-order valence-electron chi connectivity index (χ3n) is 9.44. The third-order valence-corrected chi connectivity index (χ3v) is 9.44. The summed E-state index contributed by atoms with van der Waals surface area (Å²) >= 11 is 0. The molecule has 0 aliphatic carbocycles. The summed E-state index contributed by atoms with van der Waals surface area (Å²) in [6.07, 6.45) is 1.81. The topological polar surface area (TPSA) is 111 Å². The highest BCUT2D eigenvalue weighted by atomic mass is 16.5. The van der Waals surface area contributed by atoms with E-state index in [0.717, 1.165) is 25.2 Å². The lowest BCUT2D eigenvalue weighted by Crippen LogP contribution is -2.56. The molecule has 3 aliphatic heterocycles. The van der Waals surface area contributed by atoms with Gasteiger partial charge in [-0.1, -0.05) is 27.7 Å². The number of hydrogen-bond donors (Lipinski definition) is 3. The fourth-order valence-electron chi connectivity index (χ4n) is 7.50. The normalized spacial score (nSPS) is 31.4. The number of nitrogens with one attached hydrogen (secondary N) is 2. The highest BCUT2D eigenvalue weighted by Crippen LogP contribution is 2.65. The highest BCUT2D eigenvalue weighted by Gasteiger charge is 2.80. The molecule has 40 heavy (non-hydrogen) atoms. The predicted octanol–water partition coefficient (Wildman–Crippen LogP) is 3.42. The Morgan fingerprint density at radius 3 is 2.35 bits per heavy atom. The predicted molar refractivity (Wildman–Crippen MR) is 156 cm³/mol. The van der Waals surface area contributed by atoms with E-state index in [1.807, 2.05) is 58.9 Å². The first-order valence-corrected chi connectivity index (χ1v) is 15.1. The van der Waals surface area contributed by atoms with Crippen LogP contribution >= 0.6 is 0 Å². The van der Waals surface area contributed by atoms with Crippen LogP contribution in [0.1, 0.15) is 67.7 Å². The van der Waals surface area contributed by atoms with Gasteiger partial charge in [-0.15, -0.1) is 0 Å². The van der Waals surface area contributed by atoms with Crippen LogP contribution < -0.4 is 15.5 Å². The number of nitrogens with zero attached hydrogens (tertiary/aromatic N) is 2. The molecule has 9 heteroatoms. The van der Waals surface area contributed by atoms with Crippen molar-refractivity contribution in [1.29, 1.82) is 0 Å². The van der Waals surface area contributed by atoms with E-state index >= 15 is 0 Å². The molecule has 1 spiro atoms. The molecule has 3 saturated heterocycles. The summed E-state index contributed by atoms with van der Waals surface area (Å²) < 4.78 is 6.78. The number of fused-ring (bicyclic) bond motifs is 1. The molecule has 3 N–H and O–H groups in total. The summed E-state index contributed by atoms with van der Waals surface area (Å²) in [5, 5.41) is 16.5. The summed E-state index contributed by atoms with van der Waals surface area (Å²) in [6, 6.07) is 6.18. The van der Waals surface area contributed by atoms with Crippen LogP contribution in [0.3, 0.4) is 0 Å². The van der Waals surface area contributed by atoms with Crippen LogP contribution in [0.15, 0.2) is 24.3 Å². The number of carbonyl (C=O) groups is 3. The SMILES string of the molecule is CCCNC(=O)[C@H]1[C@H]2C(=O)N([C@@H](CO)CC(C)C)C(C(=O)Nc3ccc(N(CC)CC)cc3)C23CC(C)[C@]1(C)O3. The minimum atomic E-state index is -1.14. The maximum absolute atomic E-state index is 14.3. The van der Waals surface area contributed by atoms with Gasteiger partial charge in [-0.25, -0.2) is 0 Å². The van der Waals surface area contributed by atoms with Gasteiger partial charge in [0, 0.05) is 31.0 Å². The van der Waals surface area contributed by atoms with E-state index in [1.54, 1.807) is 4.90 Å². The number of likely N-dealkylation sites (tertiary alicyclic amines) is 1. The van der Waals surface area contributed by atoms with Crippen molar-refractivity contribution >= 4 is 29.1 Å². The number of amides is 3. The summed E-state index contributed by atoms with van der Waals surface area (Å²) in [4.78, 5) is 45.9. The summed E-state index contributed by atoms with van der Waals surface area (Å²) in [5.74, 6) is -2.15. The van der Waals surface area contributed by atoms with Crippen LogP contribution in [-0.4, -0.2) is 77.3 Å². The molecule has 3 aliphatic rings. The fourth-order valence-corrected chi connectivity index (χ4v) is 7.50. The summed E-state index contributed by atoms with van der Waals surface area (Å²) in [6.45, 7) is 16.2. The minimum Gasteiger partial charge on any atom is -0.394 e. The van der Waals surface area contributed by atoms with Crippen LogP contribution in [0.5, 0.6) is 0 Å². The van der Waals surface area contributed by atoms with Gasteiger partial charge in [0.05, 0.1) is 30.1 Å². The van der Waals surface area contributed by atoms with Gasteiger partial charge in [-0.3, -0.25) is 14.4 Å². The molecule has 4 rings (SSSR count). The Morgan fingerprint density at radius 1 is 1.15 bits per heavy atom. The number of hydrogen-bond acceptors (Lipinski definition) is 6. The van der Waals surface area contributed by atoms with Crippen LogP contribution in [0.2, 0.25) is 0 Å². The lowest BCUT2D eigenvalue weighted by atomic mass is 9.62. The Kier molecular flexibility index (Phi) is 8.85. The molecular weight excluding hydrogens is 508 g/mol. The van der Waals surface area contributed by atoms with Crippen LogP contribution in [0.25, 0.3) is 0 Å². The Hall–Kier alpha value is -2.65. The van der Waals surface area contributed by atoms with E-state index in [-0.39, 0.29) is 36.2 Å². The van der Waals surface area contributed by atoms with E-state index in [9.17, 15) is 19.5 Å². The number of carbonyl (C=O) groups excluding carboxylic acids is 3. The average molecular weight is 557 g/mol. The van der Waals surface area contributed by atoms with Crippen molar-refractivity contribution < 1.29 is 24.2 Å². The van der Waals surface area contributed by atoms with Crippen molar-refractivity contribution in [2.45, 2.75) is 91.0 Å². The Bertz CT molecular complexity index is 1090. The number of anilines is 2. The van der Waals surface area contributed by atoms with Crippen molar-refractivity contribution in [2.24, 2.45) is 23.7 Å². The zero-order chi connectivity index (χ0) is 29.4. The van der Waals surface area contributed by atoms with Gasteiger partial charge >= 0.3 is 0 Å². The first kappa shape index (κ1) is 30.3. The summed E-state index contributed by atoms with van der Waals surface area (Å²) in [5.41, 5.74) is -0.311. The van der Waals surface area contributed by atoms with E-state index in [4.69, 9.17) is 4.74 Å². The van der Waals surface area contributed by atoms with Crippen molar-refractivity contribution in [3.05, 3.63) is 24.3 Å². The number of aliphatic hydroxyl groups is 1. The molecular formula is C31H48N4O5. The van der Waals surface area contributed by atoms with Gasteiger partial charge in [0.15, 0.2) is 0 Å². The van der Waals surface area contributed by atoms with Crippen LogP contribution in [0.4, 0.5) is 11.4 Å². The molecule has 9 nitrogen and oxygen atoms in total. The number of aliphatic hydroxyl groups excluding tert-OH is 1. The first-order valence-electron chi connectivity index (χ1n) is 15.1. The molecule has 0 radical (unpaired) electrons. The molecule has 2 bridgehead atoms. The van der Waals surface area contributed by atoms with Crippen molar-refractivity contribution in [3.8, 4) is 0 Å². The largest absolute Gasteiger partial charge is 0.394 e. The first-order chi connectivity index (χ1) is 19.0. The van der Waals surface area contributed by atoms with Gasteiger partial charge in [-0.05, 0) is 76.1 Å². The third kappa shape index (κ3) is 4.89. The zero-order valence-corrected chi connectivity index (χ0v) is 25.2. The molecule has 222 valence electrons. The maximum Gasteiger partial charge on any atom is 0.250 e. The molecule has 1 aromatic carbocycles. The lowest BCUT2D eigenvalue weighted by molar-refractivity contribution is -0.149. The van der Waals surface area contributed by atoms with Gasteiger partial charge in [0.25, 0.3) is 0 Å². The Labute approximate surface area is 239 Å². The molecule has 3 unspecified atom stereocenters. The molecule has 0 aromatic heterocycles. The monoisotopic (exact) mass is 556 g/mol. The van der Waals surface area contributed by atoms with E-state index in [0.29, 0.717) is 25.1 Å². The van der Waals surface area contributed by atoms with Gasteiger partial charge in [0.1, 0.15) is 11.6 Å². The number of rotatable bonds is 12. The standard InChI is InChI=1S/C31H48N4O5/c1-8-15-32-27(37)24-25-29(39)35(23(18-36)16-19(4)5)26(31(25)17-20(6)30(24,7)40-31)28(38)33-21-11-13-22(14-12-21)34(9-2)10-3/h11-14,19-20,23-26,36H,8-10,15-18H2,1-7H3,(H,32,37)(H,33,38)/t20?,23-,24-,25+,26?,30+,31?/m1/s1. The van der Waals surface area contributed by atoms with E-state index in [1.165, 1.54) is 0 Å². The van der Waals surface area contributed by atoms with Crippen LogP contribution in [0, 0.1) is 23.7 Å². The Balaban J connectivity index is 1.74. The lowest BCUT2D eigenvalue weighted by Gasteiger charge is -2.37. The van der Waals surface area contributed by atoms with Gasteiger partial charge in [0.2, 0.25) is 17.7 Å². The van der Waals surface area contributed by atoms with E-state index < -0.39 is 35.1 Å². The maximum atomic E-state index is 14.3. The second kappa shape index (κ2) is 11.7. The van der Waals surface area contributed by atoms with Crippen LogP contribution in [-0.2, 0) is 19.1 Å². The molecule has 3 amide bonds. The molecule has 7 atom stereocenters. The number of ether oxygens (including phenoxy) is 1. The second-order valence-corrected chi connectivity index (χ2v) is 12.4. The Morgan fingerprint density at radius 2 is 1.80 bits per heavy atom. The molecule has 1 aromatic rings. The molecule has 0 saturated carbocycles. The quantitative estimate of drug-likeness (QED) is 0.364. The van der Waals surface area contributed by atoms with Gasteiger partial charge in [-0.2, -0.15) is 0 Å². The van der Waals surface area contributed by atoms with Crippen molar-refractivity contribution in [3.63, 3.8) is 0 Å². The molecule has 3 fully saturated rings. The highest BCUT2D eigenvalue weighted by molar-refractivity contribution is 6.04. The summed E-state index contributed by atoms with van der Waals surface area (Å²) in [7, 11) is 0. The van der Waals surface area contributed by atoms with E-state index in [2.05, 4.69) is 29.4 Å². The zero-order valence-electron chi connectivity index (χ0n) is 25.2. The smallest absolute Gasteiger partial charge is 0.250 e. The minimum absolute atomic E-state index is 0.0322. The second-order valence-electron chi connectivity index (χ2n) is 12.4. The average Bonchev–Trinajstić information content (AvgIpc) is 3.44. The molecule has 3 heterocycles. The van der Waals surface area contributed by atoms with Crippen molar-refractivity contribution in [1.82, 2.24) is 10.2 Å². The number of benzene rings is 1.